The van der Waals surface area contributed by atoms with E-state index in [2.05, 4.69) is 15.5 Å². The van der Waals surface area contributed by atoms with Crippen molar-refractivity contribution in [1.29, 1.82) is 0 Å². The fourth-order valence-corrected chi connectivity index (χ4v) is 2.26. The van der Waals surface area contributed by atoms with Crippen molar-refractivity contribution in [2.24, 2.45) is 0 Å². The number of nitrogens with zero attached hydrogens (tertiary/aromatic N) is 4. The normalized spacial score (nSPS) is 12.1. The van der Waals surface area contributed by atoms with Crippen molar-refractivity contribution >= 4 is 17.7 Å². The molecule has 2 aromatic rings. The predicted molar refractivity (Wildman–Crippen MR) is 71.1 cm³/mol. The van der Waals surface area contributed by atoms with Crippen LogP contribution in [0.2, 0.25) is 0 Å². The Kier molecular flexibility index (Phi) is 4.51. The fourth-order valence-electron chi connectivity index (χ4n) is 1.45. The average molecular weight is 278 g/mol. The predicted octanol–water partition coefficient (Wildman–Crippen LogP) is 1.71. The van der Waals surface area contributed by atoms with E-state index >= 15 is 0 Å². The van der Waals surface area contributed by atoms with Gasteiger partial charge in [-0.2, -0.15) is 4.68 Å². The standard InChI is InChI=1S/C12H14N4O2S/c1-3-18-11(17)9(2)19-12-13-14-15-16(12)10-7-5-4-6-8-10/h4-9H,3H2,1-2H3. The van der Waals surface area contributed by atoms with Gasteiger partial charge in [-0.25, -0.2) is 0 Å². The number of carbonyl (C=O) groups excluding carboxylic acids is 1. The van der Waals surface area contributed by atoms with E-state index in [9.17, 15) is 4.79 Å². The summed E-state index contributed by atoms with van der Waals surface area (Å²) in [5.74, 6) is -0.268. The molecule has 1 aromatic heterocycles. The highest BCUT2D eigenvalue weighted by atomic mass is 32.2. The third kappa shape index (κ3) is 3.31. The number of hydrogen-bond acceptors (Lipinski definition) is 6. The Morgan fingerprint density at radius 1 is 1.42 bits per heavy atom. The van der Waals surface area contributed by atoms with Crippen LogP contribution in [0.25, 0.3) is 5.69 Å². The van der Waals surface area contributed by atoms with Crippen LogP contribution in [-0.4, -0.2) is 38.0 Å². The van der Waals surface area contributed by atoms with Gasteiger partial charge in [-0.1, -0.05) is 30.0 Å². The summed E-state index contributed by atoms with van der Waals surface area (Å²) in [5, 5.41) is 11.7. The summed E-state index contributed by atoms with van der Waals surface area (Å²) in [6, 6.07) is 9.52. The lowest BCUT2D eigenvalue weighted by atomic mass is 10.3. The van der Waals surface area contributed by atoms with Crippen LogP contribution in [0, 0.1) is 0 Å². The average Bonchev–Trinajstić information content (AvgIpc) is 2.88. The van der Waals surface area contributed by atoms with Gasteiger partial charge in [0, 0.05) is 0 Å². The molecule has 7 heteroatoms. The highest BCUT2D eigenvalue weighted by Gasteiger charge is 2.19. The van der Waals surface area contributed by atoms with Crippen molar-refractivity contribution in [3.05, 3.63) is 30.3 Å². The largest absolute Gasteiger partial charge is 0.465 e. The Labute approximate surface area is 115 Å². The second kappa shape index (κ2) is 6.33. The van der Waals surface area contributed by atoms with E-state index in [1.54, 1.807) is 18.5 Å². The lowest BCUT2D eigenvalue weighted by Crippen LogP contribution is -2.17. The summed E-state index contributed by atoms with van der Waals surface area (Å²) in [5.41, 5.74) is 0.853. The number of carbonyl (C=O) groups is 1. The molecule has 0 spiro atoms. The van der Waals surface area contributed by atoms with Crippen molar-refractivity contribution in [2.45, 2.75) is 24.3 Å². The number of ether oxygens (including phenoxy) is 1. The van der Waals surface area contributed by atoms with Crippen LogP contribution in [0.3, 0.4) is 0 Å². The van der Waals surface area contributed by atoms with Gasteiger partial charge in [0.2, 0.25) is 5.16 Å². The van der Waals surface area contributed by atoms with Crippen LogP contribution in [-0.2, 0) is 9.53 Å². The molecule has 0 bridgehead atoms. The Morgan fingerprint density at radius 3 is 2.84 bits per heavy atom. The van der Waals surface area contributed by atoms with Crippen LogP contribution in [0.4, 0.5) is 0 Å². The summed E-state index contributed by atoms with van der Waals surface area (Å²) < 4.78 is 6.56. The maximum Gasteiger partial charge on any atom is 0.319 e. The van der Waals surface area contributed by atoms with Gasteiger partial charge in [0.15, 0.2) is 0 Å². The van der Waals surface area contributed by atoms with E-state index in [-0.39, 0.29) is 11.2 Å². The molecule has 1 unspecified atom stereocenters. The van der Waals surface area contributed by atoms with Crippen molar-refractivity contribution in [3.8, 4) is 5.69 Å². The van der Waals surface area contributed by atoms with Crippen LogP contribution < -0.4 is 0 Å². The first kappa shape index (κ1) is 13.5. The minimum Gasteiger partial charge on any atom is -0.465 e. The van der Waals surface area contributed by atoms with E-state index in [1.807, 2.05) is 30.3 Å². The molecule has 0 aliphatic carbocycles. The van der Waals surface area contributed by atoms with Gasteiger partial charge < -0.3 is 4.74 Å². The molecule has 0 N–H and O–H groups in total. The molecule has 0 saturated carbocycles. The first-order valence-electron chi connectivity index (χ1n) is 5.89. The van der Waals surface area contributed by atoms with Crippen LogP contribution in [0.1, 0.15) is 13.8 Å². The Balaban J connectivity index is 2.15. The Hall–Kier alpha value is -1.89. The second-order valence-electron chi connectivity index (χ2n) is 3.72. The molecule has 0 aliphatic heterocycles. The first-order chi connectivity index (χ1) is 9.22. The zero-order chi connectivity index (χ0) is 13.7. The van der Waals surface area contributed by atoms with Gasteiger partial charge in [0.25, 0.3) is 0 Å². The molecule has 0 aliphatic rings. The first-order valence-corrected chi connectivity index (χ1v) is 6.77. The van der Waals surface area contributed by atoms with Gasteiger partial charge in [-0.3, -0.25) is 4.79 Å². The smallest absolute Gasteiger partial charge is 0.319 e. The third-order valence-electron chi connectivity index (χ3n) is 2.34. The minimum absolute atomic E-state index is 0.268. The van der Waals surface area contributed by atoms with Crippen molar-refractivity contribution < 1.29 is 9.53 Å². The highest BCUT2D eigenvalue weighted by Crippen LogP contribution is 2.23. The number of para-hydroxylation sites is 1. The molecule has 1 heterocycles. The molecule has 2 rings (SSSR count). The number of aromatic nitrogens is 4. The molecule has 6 nitrogen and oxygen atoms in total. The minimum atomic E-state index is -0.353. The molecular formula is C12H14N4O2S. The molecule has 100 valence electrons. The molecule has 0 radical (unpaired) electrons. The lowest BCUT2D eigenvalue weighted by molar-refractivity contribution is -0.142. The van der Waals surface area contributed by atoms with E-state index in [1.165, 1.54) is 11.8 Å². The summed E-state index contributed by atoms with van der Waals surface area (Å²) in [7, 11) is 0. The number of hydrogen-bond donors (Lipinski definition) is 0. The van der Waals surface area contributed by atoms with Gasteiger partial charge in [0.1, 0.15) is 5.25 Å². The number of esters is 1. The highest BCUT2D eigenvalue weighted by molar-refractivity contribution is 8.00. The van der Waals surface area contributed by atoms with Crippen LogP contribution >= 0.6 is 11.8 Å². The Bertz CT molecular complexity index is 544. The zero-order valence-corrected chi connectivity index (χ0v) is 11.5. The fraction of sp³-hybridized carbons (Fsp3) is 0.333. The topological polar surface area (TPSA) is 69.9 Å². The molecule has 0 fully saturated rings. The zero-order valence-electron chi connectivity index (χ0n) is 10.7. The summed E-state index contributed by atoms with van der Waals surface area (Å²) in [6.45, 7) is 3.92. The van der Waals surface area contributed by atoms with Gasteiger partial charge in [-0.15, -0.1) is 5.10 Å². The van der Waals surface area contributed by atoms with Crippen LogP contribution in [0.5, 0.6) is 0 Å². The third-order valence-corrected chi connectivity index (χ3v) is 3.35. The van der Waals surface area contributed by atoms with E-state index in [0.29, 0.717) is 11.8 Å². The van der Waals surface area contributed by atoms with E-state index in [0.717, 1.165) is 5.69 Å². The van der Waals surface area contributed by atoms with Crippen molar-refractivity contribution in [1.82, 2.24) is 20.2 Å². The number of tetrazole rings is 1. The van der Waals surface area contributed by atoms with Gasteiger partial charge in [-0.05, 0) is 36.4 Å². The number of rotatable bonds is 5. The molecule has 1 atom stereocenters. The quantitative estimate of drug-likeness (QED) is 0.612. The SMILES string of the molecule is CCOC(=O)C(C)Sc1nnnn1-c1ccccc1. The molecule has 0 saturated heterocycles. The number of thioether (sulfide) groups is 1. The lowest BCUT2D eigenvalue weighted by Gasteiger charge is -2.09. The second-order valence-corrected chi connectivity index (χ2v) is 5.03. The summed E-state index contributed by atoms with van der Waals surface area (Å²) in [4.78, 5) is 11.6. The van der Waals surface area contributed by atoms with Gasteiger partial charge >= 0.3 is 5.97 Å². The summed E-state index contributed by atoms with van der Waals surface area (Å²) in [6.07, 6.45) is 0. The molecular weight excluding hydrogens is 264 g/mol. The van der Waals surface area contributed by atoms with E-state index < -0.39 is 0 Å². The number of benzene rings is 1. The molecule has 1 aromatic carbocycles. The molecule has 0 amide bonds. The van der Waals surface area contributed by atoms with Crippen LogP contribution in [0.15, 0.2) is 35.5 Å². The maximum absolute atomic E-state index is 11.6. The van der Waals surface area contributed by atoms with E-state index in [4.69, 9.17) is 4.74 Å². The monoisotopic (exact) mass is 278 g/mol. The molecule has 19 heavy (non-hydrogen) atoms. The Morgan fingerprint density at radius 2 is 2.16 bits per heavy atom. The van der Waals surface area contributed by atoms with Crippen molar-refractivity contribution in [2.75, 3.05) is 6.61 Å². The summed E-state index contributed by atoms with van der Waals surface area (Å²) >= 11 is 1.27. The maximum atomic E-state index is 11.6. The van der Waals surface area contributed by atoms with Crippen molar-refractivity contribution in [3.63, 3.8) is 0 Å². The van der Waals surface area contributed by atoms with Gasteiger partial charge in [0.05, 0.1) is 12.3 Å².